The average molecular weight is 239 g/mol. The first kappa shape index (κ1) is 14.8. The van der Waals surface area contributed by atoms with Crippen molar-refractivity contribution in [3.05, 3.63) is 39.4 Å². The number of nitro benzene ring substituents is 1. The number of hydrazine groups is 1. The smallest absolute Gasteiger partial charge is 0.273 e. The lowest BCUT2D eigenvalue weighted by Gasteiger charge is -2.02. The summed E-state index contributed by atoms with van der Waals surface area (Å²) in [5.41, 5.74) is 8.55. The van der Waals surface area contributed by atoms with Crippen LogP contribution in [0.5, 0.6) is 0 Å². The normalized spacial score (nSPS) is 10.2. The van der Waals surface area contributed by atoms with Crippen molar-refractivity contribution in [2.75, 3.05) is 0 Å². The van der Waals surface area contributed by atoms with Gasteiger partial charge in [-0.1, -0.05) is 26.0 Å². The summed E-state index contributed by atoms with van der Waals surface area (Å²) in [7, 11) is 0. The Bertz CT molecular complexity index is 417. The summed E-state index contributed by atoms with van der Waals surface area (Å²) in [6, 6.07) is 4.59. The van der Waals surface area contributed by atoms with E-state index in [1.165, 1.54) is 6.07 Å². The minimum atomic E-state index is -0.470. The van der Waals surface area contributed by atoms with E-state index >= 15 is 0 Å². The number of aryl methyl sites for hydroxylation is 1. The number of amidine groups is 1. The van der Waals surface area contributed by atoms with Crippen molar-refractivity contribution >= 4 is 11.5 Å². The van der Waals surface area contributed by atoms with Crippen LogP contribution in [0, 0.1) is 17.0 Å². The van der Waals surface area contributed by atoms with Crippen LogP contribution in [0.15, 0.2) is 23.3 Å². The summed E-state index contributed by atoms with van der Waals surface area (Å²) in [5.74, 6) is 5.04. The zero-order valence-electron chi connectivity index (χ0n) is 10.1. The van der Waals surface area contributed by atoms with Gasteiger partial charge in [-0.3, -0.25) is 10.1 Å². The van der Waals surface area contributed by atoms with Gasteiger partial charge in [0.2, 0.25) is 0 Å². The predicted octanol–water partition coefficient (Wildman–Crippen LogP) is 1.01. The molecule has 0 spiro atoms. The molecule has 1 aromatic rings. The van der Waals surface area contributed by atoms with Gasteiger partial charge >= 0.3 is 0 Å². The van der Waals surface area contributed by atoms with Crippen molar-refractivity contribution in [3.8, 4) is 0 Å². The Morgan fingerprint density at radius 2 is 2.06 bits per heavy atom. The highest BCUT2D eigenvalue weighted by atomic mass is 16.6. The molecule has 0 amide bonds. The Hall–Kier alpha value is -2.15. The fourth-order valence-corrected chi connectivity index (χ4v) is 1.10. The van der Waals surface area contributed by atoms with Crippen LogP contribution in [-0.2, 0) is 0 Å². The molecule has 0 saturated carbocycles. The van der Waals surface area contributed by atoms with E-state index in [0.29, 0.717) is 11.1 Å². The van der Waals surface area contributed by atoms with Crippen molar-refractivity contribution in [2.24, 2.45) is 16.7 Å². The summed E-state index contributed by atoms with van der Waals surface area (Å²) in [6.07, 6.45) is 0. The van der Waals surface area contributed by atoms with E-state index in [2.05, 4.69) is 5.10 Å². The van der Waals surface area contributed by atoms with Gasteiger partial charge < -0.3 is 5.73 Å². The van der Waals surface area contributed by atoms with Gasteiger partial charge in [0.05, 0.1) is 4.92 Å². The van der Waals surface area contributed by atoms with Crippen molar-refractivity contribution in [1.29, 1.82) is 0 Å². The van der Waals surface area contributed by atoms with Gasteiger partial charge in [-0.15, -0.1) is 5.10 Å². The molecule has 0 saturated heterocycles. The largest absolute Gasteiger partial charge is 0.382 e. The topological polar surface area (TPSA) is 120 Å². The first-order valence-corrected chi connectivity index (χ1v) is 5.10. The maximum atomic E-state index is 10.6. The van der Waals surface area contributed by atoms with Crippen LogP contribution in [0.1, 0.15) is 25.0 Å². The number of nitro groups is 1. The standard InChI is InChI=1S/C8H11N5O2.C2H6/c1-5-2-3-6(8(9)11-12-10)4-7(5)13(14)15;1-2/h2-4,12H,10H2,1H3,(H2,9,11);1-2H3. The first-order valence-electron chi connectivity index (χ1n) is 5.10. The molecule has 5 N–H and O–H groups in total. The molecule has 1 rings (SSSR count). The second-order valence-electron chi connectivity index (χ2n) is 2.88. The van der Waals surface area contributed by atoms with Crippen LogP contribution < -0.4 is 17.1 Å². The van der Waals surface area contributed by atoms with E-state index in [1.807, 2.05) is 19.4 Å². The van der Waals surface area contributed by atoms with E-state index < -0.39 is 4.92 Å². The number of hydrogen-bond acceptors (Lipinski definition) is 5. The zero-order valence-corrected chi connectivity index (χ0v) is 10.1. The monoisotopic (exact) mass is 239 g/mol. The van der Waals surface area contributed by atoms with E-state index in [4.69, 9.17) is 11.6 Å². The van der Waals surface area contributed by atoms with Crippen molar-refractivity contribution < 1.29 is 4.92 Å². The Morgan fingerprint density at radius 1 is 1.47 bits per heavy atom. The summed E-state index contributed by atoms with van der Waals surface area (Å²) >= 11 is 0. The fraction of sp³-hybridized carbons (Fsp3) is 0.300. The first-order chi connectivity index (χ1) is 8.06. The van der Waals surface area contributed by atoms with Gasteiger partial charge in [-0.2, -0.15) is 0 Å². The molecule has 94 valence electrons. The second kappa shape index (κ2) is 7.18. The van der Waals surface area contributed by atoms with Crippen molar-refractivity contribution in [3.63, 3.8) is 0 Å². The third-order valence-corrected chi connectivity index (χ3v) is 1.89. The third kappa shape index (κ3) is 4.07. The molecular formula is C10H17N5O2. The molecule has 0 aliphatic rings. The fourth-order valence-electron chi connectivity index (χ4n) is 1.10. The molecule has 0 bridgehead atoms. The van der Waals surface area contributed by atoms with Crippen LogP contribution in [0.2, 0.25) is 0 Å². The SMILES string of the molecule is CC.Cc1ccc(/C(N)=N/NN)cc1[N+](=O)[O-]. The number of nitrogens with one attached hydrogen (secondary N) is 1. The maximum Gasteiger partial charge on any atom is 0.273 e. The van der Waals surface area contributed by atoms with Gasteiger partial charge in [-0.25, -0.2) is 11.4 Å². The zero-order chi connectivity index (χ0) is 13.4. The number of benzene rings is 1. The minimum Gasteiger partial charge on any atom is -0.382 e. The van der Waals surface area contributed by atoms with Gasteiger partial charge in [0, 0.05) is 17.2 Å². The second-order valence-corrected chi connectivity index (χ2v) is 2.88. The van der Waals surface area contributed by atoms with E-state index in [9.17, 15) is 10.1 Å². The molecule has 0 unspecified atom stereocenters. The summed E-state index contributed by atoms with van der Waals surface area (Å²) in [4.78, 5) is 10.2. The lowest BCUT2D eigenvalue weighted by Crippen LogP contribution is -2.23. The highest BCUT2D eigenvalue weighted by Crippen LogP contribution is 2.18. The van der Waals surface area contributed by atoms with Crippen LogP contribution in [0.3, 0.4) is 0 Å². The highest BCUT2D eigenvalue weighted by Gasteiger charge is 2.12. The number of nitrogens with two attached hydrogens (primary N) is 2. The third-order valence-electron chi connectivity index (χ3n) is 1.89. The van der Waals surface area contributed by atoms with Crippen LogP contribution in [0.4, 0.5) is 5.69 Å². The molecule has 0 fully saturated rings. The van der Waals surface area contributed by atoms with Gasteiger partial charge in [0.1, 0.15) is 0 Å². The summed E-state index contributed by atoms with van der Waals surface area (Å²) in [5, 5.41) is 14.2. The molecule has 0 atom stereocenters. The van der Waals surface area contributed by atoms with E-state index in [0.717, 1.165) is 0 Å². The Balaban J connectivity index is 0.00000121. The van der Waals surface area contributed by atoms with Crippen LogP contribution in [-0.4, -0.2) is 10.8 Å². The quantitative estimate of drug-likeness (QED) is 0.239. The maximum absolute atomic E-state index is 10.6. The molecule has 17 heavy (non-hydrogen) atoms. The molecule has 0 aliphatic carbocycles. The summed E-state index contributed by atoms with van der Waals surface area (Å²) < 4.78 is 0. The number of hydrazone groups is 1. The van der Waals surface area contributed by atoms with Crippen molar-refractivity contribution in [2.45, 2.75) is 20.8 Å². The predicted molar refractivity (Wildman–Crippen MR) is 67.2 cm³/mol. The highest BCUT2D eigenvalue weighted by molar-refractivity contribution is 5.97. The molecule has 0 heterocycles. The number of rotatable bonds is 3. The molecule has 7 heteroatoms. The molecule has 0 aromatic heterocycles. The van der Waals surface area contributed by atoms with Crippen LogP contribution >= 0.6 is 0 Å². The number of hydrogen-bond donors (Lipinski definition) is 3. The van der Waals surface area contributed by atoms with Crippen LogP contribution in [0.25, 0.3) is 0 Å². The molecular weight excluding hydrogens is 222 g/mol. The molecule has 0 radical (unpaired) electrons. The van der Waals surface area contributed by atoms with Gasteiger partial charge in [-0.05, 0) is 6.92 Å². The minimum absolute atomic E-state index is 0.00247. The molecule has 7 nitrogen and oxygen atoms in total. The van der Waals surface area contributed by atoms with E-state index in [-0.39, 0.29) is 11.5 Å². The summed E-state index contributed by atoms with van der Waals surface area (Å²) in [6.45, 7) is 5.65. The number of nitrogens with zero attached hydrogens (tertiary/aromatic N) is 2. The lowest BCUT2D eigenvalue weighted by atomic mass is 10.1. The Kier molecular flexibility index (Phi) is 6.27. The Morgan fingerprint density at radius 3 is 2.53 bits per heavy atom. The molecule has 1 aromatic carbocycles. The van der Waals surface area contributed by atoms with Gasteiger partial charge in [0.25, 0.3) is 5.69 Å². The van der Waals surface area contributed by atoms with Crippen molar-refractivity contribution in [1.82, 2.24) is 5.53 Å². The van der Waals surface area contributed by atoms with E-state index in [1.54, 1.807) is 19.1 Å². The van der Waals surface area contributed by atoms with Gasteiger partial charge in [0.15, 0.2) is 5.84 Å². The molecule has 0 aliphatic heterocycles. The average Bonchev–Trinajstić information content (AvgIpc) is 2.32. The Labute approximate surface area is 99.6 Å². The lowest BCUT2D eigenvalue weighted by molar-refractivity contribution is -0.385.